The van der Waals surface area contributed by atoms with Crippen LogP contribution >= 0.6 is 23.5 Å². The van der Waals surface area contributed by atoms with Gasteiger partial charge in [-0.3, -0.25) is 9.59 Å². The first-order valence-electron chi connectivity index (χ1n) is 6.83. The van der Waals surface area contributed by atoms with Crippen LogP contribution in [0.25, 0.3) is 0 Å². The van der Waals surface area contributed by atoms with Crippen LogP contribution in [0.5, 0.6) is 5.75 Å². The lowest BCUT2D eigenvalue weighted by molar-refractivity contribution is -0.113. The first-order valence-corrected chi connectivity index (χ1v) is 8.80. The molecule has 0 saturated carbocycles. The fourth-order valence-electron chi connectivity index (χ4n) is 2.00. The molecule has 1 aromatic rings. The van der Waals surface area contributed by atoms with Crippen molar-refractivity contribution in [3.63, 3.8) is 0 Å². The van der Waals surface area contributed by atoms with Gasteiger partial charge in [-0.15, -0.1) is 23.5 Å². The van der Waals surface area contributed by atoms with Crippen molar-refractivity contribution in [1.29, 1.82) is 0 Å². The van der Waals surface area contributed by atoms with E-state index < -0.39 is 0 Å². The predicted octanol–water partition coefficient (Wildman–Crippen LogP) is 3.94. The van der Waals surface area contributed by atoms with Crippen LogP contribution in [0, 0.1) is 0 Å². The molecule has 0 aliphatic carbocycles. The molecule has 0 unspecified atom stereocenters. The van der Waals surface area contributed by atoms with Gasteiger partial charge < -0.3 is 4.74 Å². The molecule has 0 bridgehead atoms. The van der Waals surface area contributed by atoms with E-state index in [-0.39, 0.29) is 11.6 Å². The third-order valence-corrected chi connectivity index (χ3v) is 5.77. The van der Waals surface area contributed by atoms with Crippen molar-refractivity contribution >= 4 is 35.1 Å². The van der Waals surface area contributed by atoms with E-state index in [0.29, 0.717) is 16.9 Å². The quantitative estimate of drug-likeness (QED) is 0.363. The summed E-state index contributed by atoms with van der Waals surface area (Å²) in [5.74, 6) is 2.28. The topological polar surface area (TPSA) is 43.4 Å². The monoisotopic (exact) mass is 322 g/mol. The molecule has 0 spiro atoms. The Morgan fingerprint density at radius 2 is 1.62 bits per heavy atom. The second kappa shape index (κ2) is 7.71. The Labute approximate surface area is 133 Å². The van der Waals surface area contributed by atoms with Gasteiger partial charge in [0.2, 0.25) is 0 Å². The third-order valence-electron chi connectivity index (χ3n) is 3.14. The molecule has 1 aliphatic heterocycles. The van der Waals surface area contributed by atoms with Crippen LogP contribution in [0.2, 0.25) is 0 Å². The average Bonchev–Trinajstić information content (AvgIpc) is 2.76. The summed E-state index contributed by atoms with van der Waals surface area (Å²) in [6.07, 6.45) is 2.26. The Morgan fingerprint density at radius 1 is 1.05 bits per heavy atom. The number of rotatable bonds is 4. The Bertz CT molecular complexity index is 551. The lowest BCUT2D eigenvalue weighted by atomic mass is 10.0. The molecular formula is C16H18O3S2. The summed E-state index contributed by atoms with van der Waals surface area (Å²) in [6, 6.07) is 6.89. The van der Waals surface area contributed by atoms with Gasteiger partial charge in [0.25, 0.3) is 0 Å². The Kier molecular flexibility index (Phi) is 5.94. The van der Waals surface area contributed by atoms with Crippen molar-refractivity contribution in [2.24, 2.45) is 0 Å². The molecule has 1 aromatic carbocycles. The molecule has 1 aliphatic rings. The highest BCUT2D eigenvalue weighted by molar-refractivity contribution is 8.22. The first kappa shape index (κ1) is 16.2. The maximum absolute atomic E-state index is 12.7. The maximum Gasteiger partial charge on any atom is 0.198 e. The van der Waals surface area contributed by atoms with Gasteiger partial charge in [0.05, 0.1) is 16.9 Å². The Morgan fingerprint density at radius 3 is 2.10 bits per heavy atom. The summed E-state index contributed by atoms with van der Waals surface area (Å²) >= 11 is 3.25. The molecule has 5 heteroatoms. The van der Waals surface area contributed by atoms with E-state index in [9.17, 15) is 9.59 Å². The summed E-state index contributed by atoms with van der Waals surface area (Å²) in [5, 5.41) is 0. The van der Waals surface area contributed by atoms with Gasteiger partial charge in [0, 0.05) is 5.56 Å². The summed E-state index contributed by atoms with van der Waals surface area (Å²) in [6.45, 7) is 1.47. The molecular weight excluding hydrogens is 304 g/mol. The number of hydrogen-bond donors (Lipinski definition) is 0. The average molecular weight is 322 g/mol. The van der Waals surface area contributed by atoms with Gasteiger partial charge >= 0.3 is 0 Å². The van der Waals surface area contributed by atoms with E-state index in [1.54, 1.807) is 54.9 Å². The van der Waals surface area contributed by atoms with Crippen LogP contribution in [0.4, 0.5) is 0 Å². The van der Waals surface area contributed by atoms with Crippen LogP contribution in [-0.2, 0) is 4.79 Å². The third kappa shape index (κ3) is 4.14. The highest BCUT2D eigenvalue weighted by Gasteiger charge is 2.23. The molecule has 0 atom stereocenters. The summed E-state index contributed by atoms with van der Waals surface area (Å²) < 4.78 is 5.97. The van der Waals surface area contributed by atoms with Crippen LogP contribution in [0.15, 0.2) is 34.1 Å². The zero-order chi connectivity index (χ0) is 15.2. The largest absolute Gasteiger partial charge is 0.497 e. The molecule has 1 heterocycles. The Balaban J connectivity index is 2.34. The van der Waals surface area contributed by atoms with Gasteiger partial charge in [0.1, 0.15) is 5.75 Å². The van der Waals surface area contributed by atoms with Crippen LogP contribution in [0.1, 0.15) is 30.1 Å². The normalized spacial score (nSPS) is 15.2. The van der Waals surface area contributed by atoms with Crippen LogP contribution in [-0.4, -0.2) is 30.2 Å². The van der Waals surface area contributed by atoms with E-state index in [1.165, 1.54) is 6.92 Å². The smallest absolute Gasteiger partial charge is 0.198 e. The number of carbonyl (C=O) groups excluding carboxylic acids is 2. The minimum absolute atomic E-state index is 0.160. The first-order chi connectivity index (χ1) is 10.1. The van der Waals surface area contributed by atoms with E-state index in [2.05, 4.69) is 0 Å². The molecule has 1 saturated heterocycles. The molecule has 0 amide bonds. The van der Waals surface area contributed by atoms with Crippen molar-refractivity contribution in [2.75, 3.05) is 18.6 Å². The highest BCUT2D eigenvalue weighted by Crippen LogP contribution is 2.37. The minimum atomic E-state index is -0.193. The molecule has 1 fully saturated rings. The van der Waals surface area contributed by atoms with E-state index in [1.807, 2.05) is 0 Å². The molecule has 2 rings (SSSR count). The van der Waals surface area contributed by atoms with Crippen LogP contribution < -0.4 is 4.74 Å². The van der Waals surface area contributed by atoms with Crippen molar-refractivity contribution < 1.29 is 14.3 Å². The van der Waals surface area contributed by atoms with Gasteiger partial charge in [0.15, 0.2) is 11.6 Å². The Hall–Kier alpha value is -1.20. The number of thioether (sulfide) groups is 2. The highest BCUT2D eigenvalue weighted by atomic mass is 32.2. The number of carbonyl (C=O) groups is 2. The molecule has 0 aromatic heterocycles. The molecule has 3 nitrogen and oxygen atoms in total. The van der Waals surface area contributed by atoms with Gasteiger partial charge in [-0.2, -0.15) is 0 Å². The molecule has 21 heavy (non-hydrogen) atoms. The molecule has 0 N–H and O–H groups in total. The van der Waals surface area contributed by atoms with Crippen LogP contribution in [0.3, 0.4) is 0 Å². The number of allylic oxidation sites excluding steroid dienone is 1. The van der Waals surface area contributed by atoms with E-state index >= 15 is 0 Å². The number of hydrogen-bond acceptors (Lipinski definition) is 5. The second-order valence-electron chi connectivity index (χ2n) is 4.68. The second-order valence-corrected chi connectivity index (χ2v) is 7.15. The summed E-state index contributed by atoms with van der Waals surface area (Å²) in [4.78, 5) is 24.6. The van der Waals surface area contributed by atoms with Crippen molar-refractivity contribution in [3.8, 4) is 5.75 Å². The lowest BCUT2D eigenvalue weighted by Crippen LogP contribution is -2.12. The van der Waals surface area contributed by atoms with Gasteiger partial charge in [-0.1, -0.05) is 0 Å². The fraction of sp³-hybridized carbons (Fsp3) is 0.375. The van der Waals surface area contributed by atoms with E-state index in [0.717, 1.165) is 28.6 Å². The lowest BCUT2D eigenvalue weighted by Gasteiger charge is -2.10. The van der Waals surface area contributed by atoms with E-state index in [4.69, 9.17) is 4.74 Å². The number of ketones is 2. The molecule has 0 radical (unpaired) electrons. The number of methoxy groups -OCH3 is 1. The number of Topliss-reactive ketones (excluding diaryl/α,β-unsaturated/α-hetero) is 2. The van der Waals surface area contributed by atoms with Gasteiger partial charge in [-0.05, 0) is 55.5 Å². The zero-order valence-electron chi connectivity index (χ0n) is 12.2. The number of benzene rings is 1. The van der Waals surface area contributed by atoms with Crippen molar-refractivity contribution in [2.45, 2.75) is 19.8 Å². The predicted molar refractivity (Wildman–Crippen MR) is 89.2 cm³/mol. The van der Waals surface area contributed by atoms with Crippen molar-refractivity contribution in [3.05, 3.63) is 39.6 Å². The fourth-order valence-corrected chi connectivity index (χ4v) is 4.67. The molecule has 112 valence electrons. The minimum Gasteiger partial charge on any atom is -0.497 e. The number of ether oxygens (including phenoxy) is 1. The SMILES string of the molecule is COc1ccc(C(=O)C(C(C)=O)=C2SCCCCS2)cc1. The van der Waals surface area contributed by atoms with Crippen molar-refractivity contribution in [1.82, 2.24) is 0 Å². The summed E-state index contributed by atoms with van der Waals surface area (Å²) in [5.41, 5.74) is 0.857. The standard InChI is InChI=1S/C16H18O3S2/c1-11(17)14(16-20-9-3-4-10-21-16)15(18)12-5-7-13(19-2)8-6-12/h5-8H,3-4,9-10H2,1-2H3. The zero-order valence-corrected chi connectivity index (χ0v) is 13.8. The maximum atomic E-state index is 12.7. The van der Waals surface area contributed by atoms with Gasteiger partial charge in [-0.25, -0.2) is 0 Å². The summed E-state index contributed by atoms with van der Waals surface area (Å²) in [7, 11) is 1.58.